The monoisotopic (exact) mass is 514 g/mol. The van der Waals surface area contributed by atoms with Gasteiger partial charge in [-0.25, -0.2) is 4.98 Å². The molecule has 0 unspecified atom stereocenters. The van der Waals surface area contributed by atoms with E-state index in [9.17, 15) is 22.8 Å². The van der Waals surface area contributed by atoms with Gasteiger partial charge in [0.15, 0.2) is 5.13 Å². The van der Waals surface area contributed by atoms with E-state index in [1.165, 1.54) is 25.0 Å². The number of benzene rings is 2. The Labute approximate surface area is 200 Å². The summed E-state index contributed by atoms with van der Waals surface area (Å²) in [6.45, 7) is 1.46. The molecular weight excluding hydrogens is 497 g/mol. The number of aromatic nitrogens is 1. The topological polar surface area (TPSA) is 121 Å². The van der Waals surface area contributed by atoms with Crippen LogP contribution in [0.25, 0.3) is 0 Å². The Kier molecular flexibility index (Phi) is 7.22. The molecule has 0 aliphatic carbocycles. The van der Waals surface area contributed by atoms with E-state index in [2.05, 4.69) is 9.72 Å². The molecule has 0 spiro atoms. The summed E-state index contributed by atoms with van der Waals surface area (Å²) < 4.78 is 46.7. The zero-order valence-corrected chi connectivity index (χ0v) is 19.3. The zero-order valence-electron chi connectivity index (χ0n) is 17.7. The van der Waals surface area contributed by atoms with E-state index >= 15 is 0 Å². The summed E-state index contributed by atoms with van der Waals surface area (Å²) in [5.74, 6) is -1.33. The number of nitrogens with two attached hydrogens (primary N) is 2. The SMILES string of the molecule is COc1ccc(C(=O)c2sc(N(c3ccc(OC(F)(F)F)c(Cl)c3)[C@H](C)C(N)=O)nc2N)cc1. The fraction of sp³-hybridized carbons (Fsp3) is 0.190. The number of amides is 1. The Morgan fingerprint density at radius 2 is 1.82 bits per heavy atom. The van der Waals surface area contributed by atoms with Gasteiger partial charge < -0.3 is 25.8 Å². The first-order valence-corrected chi connectivity index (χ1v) is 10.7. The maximum atomic E-state index is 13.0. The Hall–Kier alpha value is -3.51. The molecule has 3 aromatic rings. The van der Waals surface area contributed by atoms with E-state index in [0.29, 0.717) is 11.3 Å². The largest absolute Gasteiger partial charge is 0.573 e. The van der Waals surface area contributed by atoms with Crippen LogP contribution >= 0.6 is 22.9 Å². The molecule has 0 saturated heterocycles. The quantitative estimate of drug-likeness (QED) is 0.424. The molecule has 0 bridgehead atoms. The molecule has 2 aromatic carbocycles. The lowest BCUT2D eigenvalue weighted by Crippen LogP contribution is -2.40. The second kappa shape index (κ2) is 9.77. The van der Waals surface area contributed by atoms with Crippen LogP contribution < -0.4 is 25.8 Å². The van der Waals surface area contributed by atoms with Crippen molar-refractivity contribution < 1.29 is 32.2 Å². The number of rotatable bonds is 8. The average Bonchev–Trinajstić information content (AvgIpc) is 3.15. The third-order valence-electron chi connectivity index (χ3n) is 4.62. The van der Waals surface area contributed by atoms with Gasteiger partial charge in [0.2, 0.25) is 11.7 Å². The fourth-order valence-corrected chi connectivity index (χ4v) is 4.20. The van der Waals surface area contributed by atoms with Crippen LogP contribution in [-0.4, -0.2) is 36.2 Å². The van der Waals surface area contributed by atoms with E-state index in [0.717, 1.165) is 23.5 Å². The molecule has 180 valence electrons. The van der Waals surface area contributed by atoms with Crippen molar-refractivity contribution >= 4 is 51.3 Å². The Morgan fingerprint density at radius 3 is 2.35 bits per heavy atom. The third-order valence-corrected chi connectivity index (χ3v) is 5.99. The first-order valence-electron chi connectivity index (χ1n) is 9.50. The minimum Gasteiger partial charge on any atom is -0.497 e. The summed E-state index contributed by atoms with van der Waals surface area (Å²) in [7, 11) is 1.49. The first-order chi connectivity index (χ1) is 15.9. The van der Waals surface area contributed by atoms with E-state index in [1.54, 1.807) is 24.3 Å². The fourth-order valence-electron chi connectivity index (χ4n) is 2.93. The van der Waals surface area contributed by atoms with Gasteiger partial charge in [0.25, 0.3) is 0 Å². The predicted molar refractivity (Wildman–Crippen MR) is 122 cm³/mol. The number of methoxy groups -OCH3 is 1. The van der Waals surface area contributed by atoms with E-state index < -0.39 is 29.8 Å². The summed E-state index contributed by atoms with van der Waals surface area (Å²) >= 11 is 6.86. The van der Waals surface area contributed by atoms with Gasteiger partial charge in [-0.1, -0.05) is 22.9 Å². The van der Waals surface area contributed by atoms with Gasteiger partial charge in [0, 0.05) is 11.3 Å². The van der Waals surface area contributed by atoms with Crippen LogP contribution in [0, 0.1) is 0 Å². The summed E-state index contributed by atoms with van der Waals surface area (Å²) in [4.78, 5) is 30.6. The van der Waals surface area contributed by atoms with Gasteiger partial charge >= 0.3 is 6.36 Å². The molecule has 1 heterocycles. The normalized spacial score (nSPS) is 12.2. The van der Waals surface area contributed by atoms with E-state index in [1.807, 2.05) is 0 Å². The highest BCUT2D eigenvalue weighted by atomic mass is 35.5. The smallest absolute Gasteiger partial charge is 0.497 e. The van der Waals surface area contributed by atoms with Crippen molar-refractivity contribution in [3.8, 4) is 11.5 Å². The standard InChI is InChI=1S/C21H18ClF3N4O4S/c1-10(19(27)31)29(12-5-8-15(14(22)9-12)33-21(23,24)25)20-28-18(26)17(34-20)16(30)11-3-6-13(32-2)7-4-11/h3-10H,26H2,1-2H3,(H2,27,31)/t10-/m1/s1. The molecule has 0 radical (unpaired) electrons. The van der Waals surface area contributed by atoms with Crippen LogP contribution in [-0.2, 0) is 4.79 Å². The number of hydrogen-bond acceptors (Lipinski definition) is 8. The average molecular weight is 515 g/mol. The number of anilines is 3. The number of thiazole rings is 1. The molecular formula is C21H18ClF3N4O4S. The molecule has 3 rings (SSSR count). The number of nitrogens with zero attached hydrogens (tertiary/aromatic N) is 2. The van der Waals surface area contributed by atoms with Crippen LogP contribution in [0.3, 0.4) is 0 Å². The minimum atomic E-state index is -4.94. The van der Waals surface area contributed by atoms with E-state index in [4.69, 9.17) is 27.8 Å². The Balaban J connectivity index is 2.01. The summed E-state index contributed by atoms with van der Waals surface area (Å²) in [6, 6.07) is 8.72. The number of carbonyl (C=O) groups is 2. The molecule has 1 aromatic heterocycles. The van der Waals surface area contributed by atoms with Crippen LogP contribution in [0.1, 0.15) is 22.2 Å². The maximum absolute atomic E-state index is 13.0. The van der Waals surface area contributed by atoms with Crippen LogP contribution in [0.5, 0.6) is 11.5 Å². The summed E-state index contributed by atoms with van der Waals surface area (Å²) in [5.41, 5.74) is 12.0. The van der Waals surface area contributed by atoms with Crippen molar-refractivity contribution in [1.29, 1.82) is 0 Å². The number of halogens is 4. The van der Waals surface area contributed by atoms with Crippen molar-refractivity contribution in [1.82, 2.24) is 4.98 Å². The highest BCUT2D eigenvalue weighted by Gasteiger charge is 2.33. The number of ether oxygens (including phenoxy) is 2. The Bertz CT molecular complexity index is 1220. The molecule has 0 aliphatic rings. The van der Waals surface area contributed by atoms with Crippen LogP contribution in [0.15, 0.2) is 42.5 Å². The molecule has 4 N–H and O–H groups in total. The maximum Gasteiger partial charge on any atom is 0.573 e. The van der Waals surface area contributed by atoms with Crippen molar-refractivity contribution in [2.45, 2.75) is 19.3 Å². The molecule has 8 nitrogen and oxygen atoms in total. The molecule has 0 fully saturated rings. The van der Waals surface area contributed by atoms with Crippen molar-refractivity contribution in [2.75, 3.05) is 17.7 Å². The second-order valence-corrected chi connectivity index (χ2v) is 8.26. The highest BCUT2D eigenvalue weighted by molar-refractivity contribution is 7.18. The van der Waals surface area contributed by atoms with Crippen LogP contribution in [0.2, 0.25) is 5.02 Å². The van der Waals surface area contributed by atoms with Crippen molar-refractivity contribution in [3.63, 3.8) is 0 Å². The van der Waals surface area contributed by atoms with Crippen molar-refractivity contribution in [2.24, 2.45) is 5.73 Å². The van der Waals surface area contributed by atoms with Gasteiger partial charge in [-0.2, -0.15) is 0 Å². The van der Waals surface area contributed by atoms with Gasteiger partial charge in [-0.15, -0.1) is 13.2 Å². The molecule has 13 heteroatoms. The van der Waals surface area contributed by atoms with Gasteiger partial charge in [-0.3, -0.25) is 9.59 Å². The second-order valence-electron chi connectivity index (χ2n) is 6.88. The molecule has 0 saturated carbocycles. The predicted octanol–water partition coefficient (Wildman–Crippen LogP) is 4.53. The summed E-state index contributed by atoms with van der Waals surface area (Å²) in [6.07, 6.45) is -4.94. The Morgan fingerprint density at radius 1 is 1.18 bits per heavy atom. The van der Waals surface area contributed by atoms with Gasteiger partial charge in [0.05, 0.1) is 12.1 Å². The number of hydrogen-bond donors (Lipinski definition) is 2. The lowest BCUT2D eigenvalue weighted by Gasteiger charge is -2.27. The molecule has 1 amide bonds. The first kappa shape index (κ1) is 25.1. The number of alkyl halides is 3. The van der Waals surface area contributed by atoms with Gasteiger partial charge in [0.1, 0.15) is 28.2 Å². The summed E-state index contributed by atoms with van der Waals surface area (Å²) in [5, 5.41) is -0.253. The third kappa shape index (κ3) is 5.51. The lowest BCUT2D eigenvalue weighted by atomic mass is 10.1. The van der Waals surface area contributed by atoms with Crippen LogP contribution in [0.4, 0.5) is 29.8 Å². The molecule has 0 aliphatic heterocycles. The highest BCUT2D eigenvalue weighted by Crippen LogP contribution is 2.39. The van der Waals surface area contributed by atoms with Crippen molar-refractivity contribution in [3.05, 3.63) is 57.9 Å². The lowest BCUT2D eigenvalue weighted by molar-refractivity contribution is -0.274. The molecule has 34 heavy (non-hydrogen) atoms. The minimum absolute atomic E-state index is 0.0920. The number of ketones is 1. The molecule has 1 atom stereocenters. The van der Waals surface area contributed by atoms with E-state index in [-0.39, 0.29) is 26.5 Å². The number of nitrogen functional groups attached to an aromatic ring is 1. The number of primary amides is 1. The van der Waals surface area contributed by atoms with Gasteiger partial charge in [-0.05, 0) is 49.4 Å². The number of carbonyl (C=O) groups excluding carboxylic acids is 2. The zero-order chi connectivity index (χ0) is 25.2.